The Hall–Kier alpha value is -1.75. The van der Waals surface area contributed by atoms with E-state index in [0.29, 0.717) is 5.89 Å². The summed E-state index contributed by atoms with van der Waals surface area (Å²) in [6, 6.07) is 5.87. The lowest BCUT2D eigenvalue weighted by Gasteiger charge is -1.97. The van der Waals surface area contributed by atoms with Crippen molar-refractivity contribution in [3.63, 3.8) is 0 Å². The van der Waals surface area contributed by atoms with E-state index in [0.717, 1.165) is 0 Å². The smallest absolute Gasteiger partial charge is 0.250 e. The van der Waals surface area contributed by atoms with E-state index in [-0.39, 0.29) is 17.5 Å². The zero-order chi connectivity index (χ0) is 10.8. The monoisotopic (exact) mass is 207 g/mol. The van der Waals surface area contributed by atoms with E-state index in [1.807, 2.05) is 0 Å². The molecule has 0 bridgehead atoms. The van der Waals surface area contributed by atoms with Crippen LogP contribution < -0.4 is 5.73 Å². The number of nitrogens with two attached hydrogens (primary N) is 1. The first kappa shape index (κ1) is 9.79. The first-order chi connectivity index (χ1) is 7.18. The molecule has 0 aliphatic rings. The average molecular weight is 207 g/mol. The molecule has 5 heteroatoms. The molecule has 2 rings (SSSR count). The van der Waals surface area contributed by atoms with E-state index in [2.05, 4.69) is 10.2 Å². The number of halogens is 1. The van der Waals surface area contributed by atoms with E-state index < -0.39 is 5.82 Å². The molecule has 4 nitrogen and oxygen atoms in total. The minimum atomic E-state index is -0.391. The van der Waals surface area contributed by atoms with Crippen LogP contribution in [0.4, 0.5) is 4.39 Å². The molecule has 78 valence electrons. The van der Waals surface area contributed by atoms with Gasteiger partial charge in [0.05, 0.1) is 11.6 Å². The molecule has 1 atom stereocenters. The molecule has 0 spiro atoms. The third-order valence-corrected chi connectivity index (χ3v) is 1.93. The quantitative estimate of drug-likeness (QED) is 0.816. The van der Waals surface area contributed by atoms with E-state index in [1.54, 1.807) is 25.1 Å². The largest absolute Gasteiger partial charge is 0.419 e. The topological polar surface area (TPSA) is 64.9 Å². The maximum Gasteiger partial charge on any atom is 0.250 e. The molecule has 15 heavy (non-hydrogen) atoms. The van der Waals surface area contributed by atoms with Crippen LogP contribution in [0.5, 0.6) is 0 Å². The molecule has 2 N–H and O–H groups in total. The molecule has 2 aromatic rings. The number of rotatable bonds is 2. The van der Waals surface area contributed by atoms with Gasteiger partial charge in [0.2, 0.25) is 5.89 Å². The minimum absolute atomic E-state index is 0.153. The van der Waals surface area contributed by atoms with Gasteiger partial charge >= 0.3 is 0 Å². The van der Waals surface area contributed by atoms with E-state index >= 15 is 0 Å². The molecule has 0 aliphatic carbocycles. The van der Waals surface area contributed by atoms with Crippen LogP contribution >= 0.6 is 0 Å². The summed E-state index contributed by atoms with van der Waals surface area (Å²) in [7, 11) is 0. The van der Waals surface area contributed by atoms with Crippen LogP contribution in [0.3, 0.4) is 0 Å². The highest BCUT2D eigenvalue weighted by molar-refractivity contribution is 5.53. The fraction of sp³-hybridized carbons (Fsp3) is 0.200. The lowest BCUT2D eigenvalue weighted by atomic mass is 10.2. The van der Waals surface area contributed by atoms with E-state index in [9.17, 15) is 4.39 Å². The predicted octanol–water partition coefficient (Wildman–Crippen LogP) is 1.90. The standard InChI is InChI=1S/C10H10FN3O/c1-6(12)9-13-14-10(15-9)7-4-2-3-5-8(7)11/h2-6H,12H2,1H3. The summed E-state index contributed by atoms with van der Waals surface area (Å²) < 4.78 is 18.6. The SMILES string of the molecule is CC(N)c1nnc(-c2ccccc2F)o1. The van der Waals surface area contributed by atoms with Crippen molar-refractivity contribution in [2.75, 3.05) is 0 Å². The number of hydrogen-bond donors (Lipinski definition) is 1. The van der Waals surface area contributed by atoms with Gasteiger partial charge in [0, 0.05) is 0 Å². The molecule has 0 amide bonds. The molecule has 0 fully saturated rings. The third-order valence-electron chi connectivity index (χ3n) is 1.93. The van der Waals surface area contributed by atoms with Gasteiger partial charge in [-0.15, -0.1) is 10.2 Å². The highest BCUT2D eigenvalue weighted by atomic mass is 19.1. The van der Waals surface area contributed by atoms with Gasteiger partial charge < -0.3 is 10.2 Å². The van der Waals surface area contributed by atoms with Crippen LogP contribution in [-0.4, -0.2) is 10.2 Å². The summed E-state index contributed by atoms with van der Waals surface area (Å²) in [4.78, 5) is 0. The number of benzene rings is 1. The van der Waals surface area contributed by atoms with Crippen molar-refractivity contribution in [1.82, 2.24) is 10.2 Å². The van der Waals surface area contributed by atoms with Crippen molar-refractivity contribution in [3.05, 3.63) is 36.0 Å². The average Bonchev–Trinajstić information content (AvgIpc) is 2.67. The molecule has 0 saturated carbocycles. The third kappa shape index (κ3) is 1.87. The highest BCUT2D eigenvalue weighted by Gasteiger charge is 2.13. The molecule has 1 heterocycles. The first-order valence-electron chi connectivity index (χ1n) is 4.52. The van der Waals surface area contributed by atoms with Gasteiger partial charge in [0.15, 0.2) is 0 Å². The van der Waals surface area contributed by atoms with Crippen molar-refractivity contribution in [1.29, 1.82) is 0 Å². The molecule has 0 aliphatic heterocycles. The second kappa shape index (κ2) is 3.78. The molecule has 0 radical (unpaired) electrons. The van der Waals surface area contributed by atoms with Gasteiger partial charge in [-0.3, -0.25) is 0 Å². The van der Waals surface area contributed by atoms with Crippen LogP contribution in [0.1, 0.15) is 18.9 Å². The summed E-state index contributed by atoms with van der Waals surface area (Å²) in [5.74, 6) is 0.0611. The van der Waals surface area contributed by atoms with Crippen molar-refractivity contribution in [3.8, 4) is 11.5 Å². The Balaban J connectivity index is 2.42. The number of nitrogens with zero attached hydrogens (tertiary/aromatic N) is 2. The van der Waals surface area contributed by atoms with Crippen molar-refractivity contribution >= 4 is 0 Å². The maximum absolute atomic E-state index is 13.3. The first-order valence-corrected chi connectivity index (χ1v) is 4.52. The van der Waals surface area contributed by atoms with Crippen LogP contribution in [-0.2, 0) is 0 Å². The Morgan fingerprint density at radius 2 is 2.07 bits per heavy atom. The summed E-state index contributed by atoms with van der Waals surface area (Å²) in [6.07, 6.45) is 0. The molecule has 1 aromatic heterocycles. The lowest BCUT2D eigenvalue weighted by molar-refractivity contribution is 0.470. The molecule has 0 saturated heterocycles. The number of aromatic nitrogens is 2. The van der Waals surface area contributed by atoms with Gasteiger partial charge in [-0.1, -0.05) is 12.1 Å². The maximum atomic E-state index is 13.3. The second-order valence-electron chi connectivity index (χ2n) is 3.21. The fourth-order valence-electron chi connectivity index (χ4n) is 1.16. The van der Waals surface area contributed by atoms with E-state index in [4.69, 9.17) is 10.2 Å². The van der Waals surface area contributed by atoms with Gasteiger partial charge in [0.25, 0.3) is 5.89 Å². The minimum Gasteiger partial charge on any atom is -0.419 e. The van der Waals surface area contributed by atoms with Gasteiger partial charge in [-0.05, 0) is 19.1 Å². The zero-order valence-corrected chi connectivity index (χ0v) is 8.14. The normalized spacial score (nSPS) is 12.7. The molecular weight excluding hydrogens is 197 g/mol. The van der Waals surface area contributed by atoms with Crippen LogP contribution in [0, 0.1) is 5.82 Å². The zero-order valence-electron chi connectivity index (χ0n) is 8.14. The number of hydrogen-bond acceptors (Lipinski definition) is 4. The van der Waals surface area contributed by atoms with Crippen molar-refractivity contribution in [2.45, 2.75) is 13.0 Å². The Morgan fingerprint density at radius 1 is 1.33 bits per heavy atom. The molecule has 1 unspecified atom stereocenters. The Labute approximate surface area is 85.9 Å². The van der Waals surface area contributed by atoms with Gasteiger partial charge in [-0.2, -0.15) is 0 Å². The van der Waals surface area contributed by atoms with Gasteiger partial charge in [-0.25, -0.2) is 4.39 Å². The summed E-state index contributed by atoms with van der Waals surface area (Å²) in [6.45, 7) is 1.72. The molecule has 1 aromatic carbocycles. The van der Waals surface area contributed by atoms with Crippen LogP contribution in [0.15, 0.2) is 28.7 Å². The highest BCUT2D eigenvalue weighted by Crippen LogP contribution is 2.22. The van der Waals surface area contributed by atoms with Crippen LogP contribution in [0.2, 0.25) is 0 Å². The fourth-order valence-corrected chi connectivity index (χ4v) is 1.16. The Morgan fingerprint density at radius 3 is 2.67 bits per heavy atom. The van der Waals surface area contributed by atoms with Crippen molar-refractivity contribution in [2.24, 2.45) is 5.73 Å². The lowest BCUT2D eigenvalue weighted by Crippen LogP contribution is -2.04. The predicted molar refractivity (Wildman–Crippen MR) is 52.3 cm³/mol. The summed E-state index contributed by atoms with van der Waals surface area (Å²) >= 11 is 0. The Bertz CT molecular complexity index is 467. The summed E-state index contributed by atoms with van der Waals surface area (Å²) in [5.41, 5.74) is 5.84. The van der Waals surface area contributed by atoms with Crippen LogP contribution in [0.25, 0.3) is 11.5 Å². The summed E-state index contributed by atoms with van der Waals surface area (Å²) in [5, 5.41) is 7.46. The van der Waals surface area contributed by atoms with E-state index in [1.165, 1.54) is 6.07 Å². The second-order valence-corrected chi connectivity index (χ2v) is 3.21. The molecular formula is C10H10FN3O. The van der Waals surface area contributed by atoms with Gasteiger partial charge in [0.1, 0.15) is 5.82 Å². The van der Waals surface area contributed by atoms with Crippen molar-refractivity contribution < 1.29 is 8.81 Å². The Kier molecular flexibility index (Phi) is 2.47.